The van der Waals surface area contributed by atoms with Crippen molar-refractivity contribution in [2.75, 3.05) is 19.4 Å². The van der Waals surface area contributed by atoms with Gasteiger partial charge in [-0.2, -0.15) is 5.26 Å². The molecule has 1 aromatic rings. The van der Waals surface area contributed by atoms with Gasteiger partial charge in [0.15, 0.2) is 0 Å². The van der Waals surface area contributed by atoms with Gasteiger partial charge in [-0.25, -0.2) is 0 Å². The van der Waals surface area contributed by atoms with Gasteiger partial charge in [0, 0.05) is 12.3 Å². The van der Waals surface area contributed by atoms with Crippen LogP contribution in [0.3, 0.4) is 0 Å². The van der Waals surface area contributed by atoms with Crippen LogP contribution in [0.4, 0.5) is 0 Å². The number of rotatable bonds is 2. The van der Waals surface area contributed by atoms with Crippen LogP contribution < -0.4 is 10.1 Å². The summed E-state index contributed by atoms with van der Waals surface area (Å²) in [7, 11) is 1.58. The summed E-state index contributed by atoms with van der Waals surface area (Å²) in [6, 6.07) is 7.91. The predicted molar refractivity (Wildman–Crippen MR) is 60.9 cm³/mol. The first kappa shape index (κ1) is 10.3. The number of benzene rings is 1. The van der Waals surface area contributed by atoms with Crippen molar-refractivity contribution in [2.45, 2.75) is 5.37 Å². The molecule has 1 heterocycles. The topological polar surface area (TPSA) is 45.0 Å². The lowest BCUT2D eigenvalue weighted by Gasteiger charge is -2.11. The smallest absolute Gasteiger partial charge is 0.136 e. The molecule has 1 atom stereocenters. The molecule has 1 N–H and O–H groups in total. The average Bonchev–Trinajstić information content (AvgIpc) is 2.81. The Kier molecular flexibility index (Phi) is 3.14. The zero-order chi connectivity index (χ0) is 10.7. The zero-order valence-corrected chi connectivity index (χ0v) is 9.30. The summed E-state index contributed by atoms with van der Waals surface area (Å²) < 4.78 is 5.10. The fraction of sp³-hybridized carbons (Fsp3) is 0.364. The largest absolute Gasteiger partial charge is 0.495 e. The molecule has 0 saturated carbocycles. The first-order chi connectivity index (χ1) is 7.35. The molecule has 2 rings (SSSR count). The SMILES string of the molecule is COc1ccc(C2NCCS2)cc1C#N. The van der Waals surface area contributed by atoms with Gasteiger partial charge in [-0.05, 0) is 17.7 Å². The predicted octanol–water partition coefficient (Wildman–Crippen LogP) is 1.90. The van der Waals surface area contributed by atoms with Crippen molar-refractivity contribution in [3.05, 3.63) is 29.3 Å². The van der Waals surface area contributed by atoms with Crippen LogP contribution in [0.25, 0.3) is 0 Å². The molecule has 0 aromatic heterocycles. The van der Waals surface area contributed by atoms with Crippen LogP contribution in [-0.4, -0.2) is 19.4 Å². The lowest BCUT2D eigenvalue weighted by atomic mass is 10.1. The van der Waals surface area contributed by atoms with E-state index >= 15 is 0 Å². The van der Waals surface area contributed by atoms with Gasteiger partial charge in [0.2, 0.25) is 0 Å². The van der Waals surface area contributed by atoms with Gasteiger partial charge in [0.05, 0.1) is 18.0 Å². The summed E-state index contributed by atoms with van der Waals surface area (Å²) in [5.74, 6) is 1.77. The number of nitriles is 1. The Bertz CT molecular complexity index is 394. The summed E-state index contributed by atoms with van der Waals surface area (Å²) in [6.07, 6.45) is 0. The monoisotopic (exact) mass is 220 g/mol. The van der Waals surface area contributed by atoms with E-state index in [0.29, 0.717) is 16.7 Å². The number of hydrogen-bond acceptors (Lipinski definition) is 4. The van der Waals surface area contributed by atoms with Crippen molar-refractivity contribution in [1.29, 1.82) is 5.26 Å². The van der Waals surface area contributed by atoms with E-state index in [1.807, 2.05) is 30.0 Å². The summed E-state index contributed by atoms with van der Waals surface area (Å²) in [6.45, 7) is 1.03. The van der Waals surface area contributed by atoms with Crippen LogP contribution in [0, 0.1) is 11.3 Å². The highest BCUT2D eigenvalue weighted by atomic mass is 32.2. The first-order valence-electron chi connectivity index (χ1n) is 4.78. The molecule has 1 aromatic carbocycles. The quantitative estimate of drug-likeness (QED) is 0.826. The Morgan fingerprint density at radius 2 is 2.47 bits per heavy atom. The van der Waals surface area contributed by atoms with E-state index in [4.69, 9.17) is 10.00 Å². The van der Waals surface area contributed by atoms with Crippen LogP contribution in [0.1, 0.15) is 16.5 Å². The maximum atomic E-state index is 8.96. The van der Waals surface area contributed by atoms with Gasteiger partial charge < -0.3 is 10.1 Å². The fourth-order valence-corrected chi connectivity index (χ4v) is 2.66. The second-order valence-electron chi connectivity index (χ2n) is 3.28. The molecule has 0 bridgehead atoms. The molecule has 0 radical (unpaired) electrons. The molecule has 1 aliphatic heterocycles. The standard InChI is InChI=1S/C11H12N2OS/c1-14-10-3-2-8(6-9(10)7-12)11-13-4-5-15-11/h2-3,6,11,13H,4-5H2,1H3. The molecule has 4 heteroatoms. The number of methoxy groups -OCH3 is 1. The number of ether oxygens (including phenoxy) is 1. The minimum absolute atomic E-state index is 0.322. The highest BCUT2D eigenvalue weighted by Crippen LogP contribution is 2.32. The van der Waals surface area contributed by atoms with Gasteiger partial charge in [0.1, 0.15) is 11.8 Å². The third-order valence-electron chi connectivity index (χ3n) is 2.36. The van der Waals surface area contributed by atoms with Gasteiger partial charge in [-0.15, -0.1) is 11.8 Å². The second kappa shape index (κ2) is 4.56. The van der Waals surface area contributed by atoms with Gasteiger partial charge in [-0.3, -0.25) is 0 Å². The molecule has 15 heavy (non-hydrogen) atoms. The molecule has 78 valence electrons. The third kappa shape index (κ3) is 2.09. The summed E-state index contributed by atoms with van der Waals surface area (Å²) in [5.41, 5.74) is 1.75. The average molecular weight is 220 g/mol. The van der Waals surface area contributed by atoms with Crippen LogP contribution in [0.5, 0.6) is 5.75 Å². The van der Waals surface area contributed by atoms with Crippen molar-refractivity contribution < 1.29 is 4.74 Å². The molecule has 3 nitrogen and oxygen atoms in total. The Balaban J connectivity index is 2.30. The summed E-state index contributed by atoms with van der Waals surface area (Å²) in [5, 5.41) is 12.7. The first-order valence-corrected chi connectivity index (χ1v) is 5.83. The Morgan fingerprint density at radius 1 is 1.60 bits per heavy atom. The molecule has 1 fully saturated rings. The molecule has 0 spiro atoms. The maximum absolute atomic E-state index is 8.96. The minimum Gasteiger partial charge on any atom is -0.495 e. The van der Waals surface area contributed by atoms with Crippen molar-refractivity contribution in [2.24, 2.45) is 0 Å². The lowest BCUT2D eigenvalue weighted by molar-refractivity contribution is 0.413. The molecular formula is C11H12N2OS. The van der Waals surface area contributed by atoms with Gasteiger partial charge in [0.25, 0.3) is 0 Å². The van der Waals surface area contributed by atoms with Crippen molar-refractivity contribution in [1.82, 2.24) is 5.32 Å². The van der Waals surface area contributed by atoms with Crippen LogP contribution in [0.2, 0.25) is 0 Å². The van der Waals surface area contributed by atoms with E-state index < -0.39 is 0 Å². The summed E-state index contributed by atoms with van der Waals surface area (Å²) in [4.78, 5) is 0. The van der Waals surface area contributed by atoms with E-state index in [1.165, 1.54) is 0 Å². The van der Waals surface area contributed by atoms with Crippen molar-refractivity contribution in [3.8, 4) is 11.8 Å². The van der Waals surface area contributed by atoms with E-state index in [0.717, 1.165) is 17.9 Å². The second-order valence-corrected chi connectivity index (χ2v) is 4.49. The van der Waals surface area contributed by atoms with E-state index in [9.17, 15) is 0 Å². The number of nitrogens with one attached hydrogen (secondary N) is 1. The molecule has 0 amide bonds. The Labute approximate surface area is 93.4 Å². The van der Waals surface area contributed by atoms with Gasteiger partial charge >= 0.3 is 0 Å². The molecule has 1 unspecified atom stereocenters. The van der Waals surface area contributed by atoms with E-state index in [-0.39, 0.29) is 0 Å². The normalized spacial score (nSPS) is 19.9. The van der Waals surface area contributed by atoms with Crippen LogP contribution in [0.15, 0.2) is 18.2 Å². The molecular weight excluding hydrogens is 208 g/mol. The maximum Gasteiger partial charge on any atom is 0.136 e. The van der Waals surface area contributed by atoms with Crippen molar-refractivity contribution >= 4 is 11.8 Å². The lowest BCUT2D eigenvalue weighted by Crippen LogP contribution is -2.12. The number of thioether (sulfide) groups is 1. The summed E-state index contributed by atoms with van der Waals surface area (Å²) >= 11 is 1.87. The minimum atomic E-state index is 0.322. The van der Waals surface area contributed by atoms with E-state index in [1.54, 1.807) is 7.11 Å². The van der Waals surface area contributed by atoms with Crippen LogP contribution >= 0.6 is 11.8 Å². The highest BCUT2D eigenvalue weighted by Gasteiger charge is 2.17. The number of hydrogen-bond donors (Lipinski definition) is 1. The fourth-order valence-electron chi connectivity index (χ4n) is 1.62. The van der Waals surface area contributed by atoms with Crippen molar-refractivity contribution in [3.63, 3.8) is 0 Å². The number of nitrogens with zero attached hydrogens (tertiary/aromatic N) is 1. The molecule has 1 saturated heterocycles. The van der Waals surface area contributed by atoms with E-state index in [2.05, 4.69) is 11.4 Å². The van der Waals surface area contributed by atoms with Crippen LogP contribution in [-0.2, 0) is 0 Å². The Hall–Kier alpha value is -1.18. The third-order valence-corrected chi connectivity index (χ3v) is 3.58. The molecule has 0 aliphatic carbocycles. The van der Waals surface area contributed by atoms with Gasteiger partial charge in [-0.1, -0.05) is 6.07 Å². The molecule has 1 aliphatic rings. The highest BCUT2D eigenvalue weighted by molar-refractivity contribution is 7.99. The zero-order valence-electron chi connectivity index (χ0n) is 8.49. The Morgan fingerprint density at radius 3 is 3.07 bits per heavy atom.